The fourth-order valence-electron chi connectivity index (χ4n) is 2.25. The first-order chi connectivity index (χ1) is 12.3. The lowest BCUT2D eigenvalue weighted by Crippen LogP contribution is -2.37. The van der Waals surface area contributed by atoms with Crippen molar-refractivity contribution in [1.29, 1.82) is 0 Å². The highest BCUT2D eigenvalue weighted by molar-refractivity contribution is 5.79. The molecule has 0 bridgehead atoms. The summed E-state index contributed by atoms with van der Waals surface area (Å²) in [6.45, 7) is 5.12. The zero-order valence-corrected chi connectivity index (χ0v) is 14.7. The van der Waals surface area contributed by atoms with Gasteiger partial charge in [-0.25, -0.2) is 4.99 Å². The van der Waals surface area contributed by atoms with Crippen molar-refractivity contribution in [2.24, 2.45) is 4.99 Å². The summed E-state index contributed by atoms with van der Waals surface area (Å²) in [6, 6.07) is 18.5. The summed E-state index contributed by atoms with van der Waals surface area (Å²) < 4.78 is 5.75. The third-order valence-electron chi connectivity index (χ3n) is 3.53. The zero-order chi connectivity index (χ0) is 17.7. The van der Waals surface area contributed by atoms with E-state index < -0.39 is 0 Å². The lowest BCUT2D eigenvalue weighted by atomic mass is 10.1. The zero-order valence-electron chi connectivity index (χ0n) is 14.7. The molecule has 0 aliphatic rings. The molecule has 4 nitrogen and oxygen atoms in total. The van der Waals surface area contributed by atoms with Gasteiger partial charge >= 0.3 is 0 Å². The van der Waals surface area contributed by atoms with Crippen molar-refractivity contribution >= 4 is 5.96 Å². The van der Waals surface area contributed by atoms with E-state index in [-0.39, 0.29) is 0 Å². The van der Waals surface area contributed by atoms with Gasteiger partial charge in [0.05, 0.1) is 26.3 Å². The lowest BCUT2D eigenvalue weighted by molar-refractivity contribution is 0.107. The predicted molar refractivity (Wildman–Crippen MR) is 103 cm³/mol. The van der Waals surface area contributed by atoms with Crippen LogP contribution in [0.2, 0.25) is 0 Å². The quantitative estimate of drug-likeness (QED) is 0.443. The van der Waals surface area contributed by atoms with Crippen LogP contribution in [-0.4, -0.2) is 19.0 Å². The second-order valence-electron chi connectivity index (χ2n) is 5.55. The molecule has 0 spiro atoms. The number of nitrogens with zero attached hydrogens (tertiary/aromatic N) is 1. The average Bonchev–Trinajstić information content (AvgIpc) is 2.66. The smallest absolute Gasteiger partial charge is 0.192 e. The highest BCUT2D eigenvalue weighted by Gasteiger charge is 1.98. The van der Waals surface area contributed by atoms with E-state index in [1.807, 2.05) is 25.1 Å². The number of rotatable bonds is 8. The number of guanidine groups is 1. The summed E-state index contributed by atoms with van der Waals surface area (Å²) in [5.74, 6) is 3.28. The normalized spacial score (nSPS) is 11.0. The minimum absolute atomic E-state index is 0.462. The van der Waals surface area contributed by atoms with Crippen molar-refractivity contribution in [3.8, 4) is 12.3 Å². The van der Waals surface area contributed by atoms with Crippen LogP contribution in [0.5, 0.6) is 0 Å². The molecule has 0 heterocycles. The first-order valence-electron chi connectivity index (χ1n) is 8.47. The van der Waals surface area contributed by atoms with E-state index >= 15 is 0 Å². The second-order valence-corrected chi connectivity index (χ2v) is 5.55. The number of aliphatic imine (C=N–C) groups is 1. The molecule has 0 saturated heterocycles. The Hall–Kier alpha value is -2.77. The van der Waals surface area contributed by atoms with E-state index in [0.29, 0.717) is 26.3 Å². The molecule has 0 amide bonds. The number of nitrogens with one attached hydrogen (secondary N) is 2. The Balaban J connectivity index is 1.81. The summed E-state index contributed by atoms with van der Waals surface area (Å²) in [5.41, 5.74) is 3.48. The molecule has 4 heteroatoms. The molecular weight excluding hydrogens is 310 g/mol. The van der Waals surface area contributed by atoms with Crippen LogP contribution >= 0.6 is 0 Å². The molecule has 0 fully saturated rings. The van der Waals surface area contributed by atoms with Crippen molar-refractivity contribution < 1.29 is 4.74 Å². The highest BCUT2D eigenvalue weighted by Crippen LogP contribution is 2.09. The second kappa shape index (κ2) is 10.9. The van der Waals surface area contributed by atoms with Crippen LogP contribution in [0.3, 0.4) is 0 Å². The summed E-state index contributed by atoms with van der Waals surface area (Å²) in [5, 5.41) is 6.24. The van der Waals surface area contributed by atoms with E-state index in [0.717, 1.165) is 23.6 Å². The molecule has 0 aliphatic heterocycles. The monoisotopic (exact) mass is 335 g/mol. The van der Waals surface area contributed by atoms with E-state index in [1.54, 1.807) is 0 Å². The van der Waals surface area contributed by atoms with Crippen molar-refractivity contribution in [3.05, 3.63) is 71.3 Å². The van der Waals surface area contributed by atoms with Gasteiger partial charge in [0.1, 0.15) is 0 Å². The van der Waals surface area contributed by atoms with Crippen molar-refractivity contribution in [3.63, 3.8) is 0 Å². The molecule has 0 aliphatic carbocycles. The van der Waals surface area contributed by atoms with Crippen LogP contribution in [0, 0.1) is 12.3 Å². The molecule has 2 rings (SSSR count). The maximum Gasteiger partial charge on any atom is 0.192 e. The molecule has 130 valence electrons. The van der Waals surface area contributed by atoms with Gasteiger partial charge in [-0.15, -0.1) is 6.42 Å². The number of benzene rings is 2. The molecule has 0 aromatic heterocycles. The van der Waals surface area contributed by atoms with Crippen molar-refractivity contribution in [1.82, 2.24) is 10.6 Å². The van der Waals surface area contributed by atoms with Crippen LogP contribution in [0.25, 0.3) is 0 Å². The third-order valence-corrected chi connectivity index (χ3v) is 3.53. The molecule has 2 aromatic rings. The van der Waals surface area contributed by atoms with Gasteiger partial charge in [0.25, 0.3) is 0 Å². The number of terminal acetylenes is 1. The maximum atomic E-state index is 5.75. The molecular formula is C21H25N3O. The van der Waals surface area contributed by atoms with Gasteiger partial charge in [-0.05, 0) is 23.6 Å². The third kappa shape index (κ3) is 7.11. The van der Waals surface area contributed by atoms with Gasteiger partial charge in [0.2, 0.25) is 0 Å². The predicted octanol–water partition coefficient (Wildman–Crippen LogP) is 3.09. The number of hydrogen-bond acceptors (Lipinski definition) is 2. The SMILES string of the molecule is C#CCNC(=NCc1ccc(COCc2ccccc2)cc1)NCC. The van der Waals surface area contributed by atoms with Gasteiger partial charge in [0.15, 0.2) is 5.96 Å². The molecule has 2 aromatic carbocycles. The Morgan fingerprint density at radius 3 is 2.24 bits per heavy atom. The van der Waals surface area contributed by atoms with E-state index in [1.165, 1.54) is 5.56 Å². The van der Waals surface area contributed by atoms with E-state index in [9.17, 15) is 0 Å². The van der Waals surface area contributed by atoms with Crippen LogP contribution < -0.4 is 10.6 Å². The Bertz CT molecular complexity index is 687. The van der Waals surface area contributed by atoms with E-state index in [4.69, 9.17) is 11.2 Å². The molecule has 25 heavy (non-hydrogen) atoms. The first kappa shape index (κ1) is 18.6. The highest BCUT2D eigenvalue weighted by atomic mass is 16.5. The lowest BCUT2D eigenvalue weighted by Gasteiger charge is -2.09. The Labute approximate surface area is 150 Å². The largest absolute Gasteiger partial charge is 0.372 e. The minimum atomic E-state index is 0.462. The minimum Gasteiger partial charge on any atom is -0.372 e. The van der Waals surface area contributed by atoms with Crippen molar-refractivity contribution in [2.45, 2.75) is 26.7 Å². The van der Waals surface area contributed by atoms with Crippen LogP contribution in [-0.2, 0) is 24.5 Å². The van der Waals surface area contributed by atoms with Gasteiger partial charge < -0.3 is 15.4 Å². The summed E-state index contributed by atoms with van der Waals surface area (Å²) in [7, 11) is 0. The number of ether oxygens (including phenoxy) is 1. The summed E-state index contributed by atoms with van der Waals surface area (Å²) >= 11 is 0. The Morgan fingerprint density at radius 2 is 1.60 bits per heavy atom. The Kier molecular flexibility index (Phi) is 8.10. The molecule has 2 N–H and O–H groups in total. The topological polar surface area (TPSA) is 45.7 Å². The molecule has 0 radical (unpaired) electrons. The molecule has 0 saturated carbocycles. The van der Waals surface area contributed by atoms with Crippen LogP contribution in [0.4, 0.5) is 0 Å². The van der Waals surface area contributed by atoms with Gasteiger partial charge in [-0.3, -0.25) is 0 Å². The van der Waals surface area contributed by atoms with Crippen LogP contribution in [0.15, 0.2) is 59.6 Å². The fourth-order valence-corrected chi connectivity index (χ4v) is 2.25. The molecule has 0 unspecified atom stereocenters. The molecule has 0 atom stereocenters. The van der Waals surface area contributed by atoms with Crippen molar-refractivity contribution in [2.75, 3.05) is 13.1 Å². The van der Waals surface area contributed by atoms with Gasteiger partial charge in [-0.1, -0.05) is 60.5 Å². The average molecular weight is 335 g/mol. The summed E-state index contributed by atoms with van der Waals surface area (Å²) in [6.07, 6.45) is 5.27. The fraction of sp³-hybridized carbons (Fsp3) is 0.286. The summed E-state index contributed by atoms with van der Waals surface area (Å²) in [4.78, 5) is 4.52. The number of hydrogen-bond donors (Lipinski definition) is 2. The van der Waals surface area contributed by atoms with Crippen LogP contribution in [0.1, 0.15) is 23.6 Å². The van der Waals surface area contributed by atoms with Gasteiger partial charge in [0, 0.05) is 6.54 Å². The Morgan fingerprint density at radius 1 is 0.960 bits per heavy atom. The first-order valence-corrected chi connectivity index (χ1v) is 8.47. The van der Waals surface area contributed by atoms with Gasteiger partial charge in [-0.2, -0.15) is 0 Å². The standard InChI is InChI=1S/C21H25N3O/c1-3-14-23-21(22-4-2)24-15-18-10-12-20(13-11-18)17-25-16-19-8-6-5-7-9-19/h1,5-13H,4,14-17H2,2H3,(H2,22,23,24). The van der Waals surface area contributed by atoms with E-state index in [2.05, 4.69) is 57.9 Å². The maximum absolute atomic E-state index is 5.75.